The Bertz CT molecular complexity index is 972. The minimum atomic E-state index is -0.199. The highest BCUT2D eigenvalue weighted by Crippen LogP contribution is 2.16. The molecule has 0 fully saturated rings. The smallest absolute Gasteiger partial charge is 0.326 e. The van der Waals surface area contributed by atoms with Crippen LogP contribution in [0.3, 0.4) is 0 Å². The normalized spacial score (nSPS) is 11.2. The molecule has 0 atom stereocenters. The van der Waals surface area contributed by atoms with Crippen molar-refractivity contribution in [1.82, 2.24) is 19.4 Å². The molecular formula is C18H22N4O3S. The van der Waals surface area contributed by atoms with E-state index in [4.69, 9.17) is 4.74 Å². The molecule has 0 saturated heterocycles. The van der Waals surface area contributed by atoms with Crippen LogP contribution in [-0.4, -0.2) is 45.6 Å². The maximum atomic E-state index is 12.7. The van der Waals surface area contributed by atoms with Gasteiger partial charge in [-0.3, -0.25) is 9.36 Å². The van der Waals surface area contributed by atoms with E-state index in [1.165, 1.54) is 0 Å². The fraction of sp³-hybridized carbons (Fsp3) is 0.389. The molecule has 0 spiro atoms. The van der Waals surface area contributed by atoms with E-state index in [0.717, 1.165) is 16.2 Å². The minimum absolute atomic E-state index is 0.111. The molecule has 2 heterocycles. The lowest BCUT2D eigenvalue weighted by Crippen LogP contribution is -2.26. The van der Waals surface area contributed by atoms with E-state index in [0.29, 0.717) is 37.4 Å². The summed E-state index contributed by atoms with van der Waals surface area (Å²) >= 11 is 1.57. The van der Waals surface area contributed by atoms with Gasteiger partial charge in [-0.2, -0.15) is 0 Å². The molecule has 1 amide bonds. The average Bonchev–Trinajstić information content (AvgIpc) is 3.16. The van der Waals surface area contributed by atoms with Gasteiger partial charge in [0.2, 0.25) is 0 Å². The Morgan fingerprint density at radius 1 is 1.42 bits per heavy atom. The fourth-order valence-electron chi connectivity index (χ4n) is 2.83. The standard InChI is InChI=1S/C18H22N4O3S/c1-4-25-8-7-22-16-6-5-13(9-15(16)20-18(22)24)17(23)21(3)10-14-11-26-12(2)19-14/h5-6,9,11H,4,7-8,10H2,1-3H3,(H,20,24). The van der Waals surface area contributed by atoms with Crippen LogP contribution in [0.2, 0.25) is 0 Å². The fourth-order valence-corrected chi connectivity index (χ4v) is 3.44. The first-order valence-corrected chi connectivity index (χ1v) is 9.34. The summed E-state index contributed by atoms with van der Waals surface area (Å²) in [4.78, 5) is 33.7. The molecule has 0 saturated carbocycles. The molecule has 0 unspecified atom stereocenters. The van der Waals surface area contributed by atoms with Crippen LogP contribution in [0.4, 0.5) is 0 Å². The second-order valence-corrected chi connectivity index (χ2v) is 7.09. The third kappa shape index (κ3) is 3.86. The van der Waals surface area contributed by atoms with Gasteiger partial charge in [0.1, 0.15) is 0 Å². The topological polar surface area (TPSA) is 80.2 Å². The minimum Gasteiger partial charge on any atom is -0.380 e. The van der Waals surface area contributed by atoms with Crippen LogP contribution in [0, 0.1) is 6.92 Å². The number of carbonyl (C=O) groups excluding carboxylic acids is 1. The monoisotopic (exact) mass is 374 g/mol. The molecule has 2 aromatic heterocycles. The zero-order chi connectivity index (χ0) is 18.7. The molecule has 8 heteroatoms. The number of nitrogens with one attached hydrogen (secondary N) is 1. The van der Waals surface area contributed by atoms with Crippen LogP contribution < -0.4 is 5.69 Å². The number of fused-ring (bicyclic) bond motifs is 1. The first-order valence-electron chi connectivity index (χ1n) is 8.46. The van der Waals surface area contributed by atoms with Crippen molar-refractivity contribution in [2.45, 2.75) is 26.9 Å². The Morgan fingerprint density at radius 3 is 2.92 bits per heavy atom. The van der Waals surface area contributed by atoms with Gasteiger partial charge in [-0.15, -0.1) is 11.3 Å². The molecule has 0 radical (unpaired) electrons. The van der Waals surface area contributed by atoms with Gasteiger partial charge in [-0.25, -0.2) is 9.78 Å². The SMILES string of the molecule is CCOCCn1c(=O)[nH]c2cc(C(=O)N(C)Cc3csc(C)n3)ccc21. The van der Waals surface area contributed by atoms with Gasteiger partial charge < -0.3 is 14.6 Å². The van der Waals surface area contributed by atoms with Gasteiger partial charge in [0.25, 0.3) is 5.91 Å². The van der Waals surface area contributed by atoms with E-state index in [9.17, 15) is 9.59 Å². The number of rotatable bonds is 7. The summed E-state index contributed by atoms with van der Waals surface area (Å²) in [5.74, 6) is -0.111. The van der Waals surface area contributed by atoms with Crippen molar-refractivity contribution in [1.29, 1.82) is 0 Å². The largest absolute Gasteiger partial charge is 0.380 e. The third-order valence-electron chi connectivity index (χ3n) is 4.10. The number of amides is 1. The van der Waals surface area contributed by atoms with Gasteiger partial charge in [-0.05, 0) is 32.0 Å². The van der Waals surface area contributed by atoms with E-state index in [1.807, 2.05) is 19.2 Å². The van der Waals surface area contributed by atoms with Crippen molar-refractivity contribution in [2.24, 2.45) is 0 Å². The molecule has 0 aliphatic rings. The molecule has 1 aromatic carbocycles. The number of thiazole rings is 1. The number of H-pyrrole nitrogens is 1. The molecular weight excluding hydrogens is 352 g/mol. The highest BCUT2D eigenvalue weighted by atomic mass is 32.1. The van der Waals surface area contributed by atoms with Crippen LogP contribution in [0.15, 0.2) is 28.4 Å². The Labute approximate surface area is 155 Å². The number of nitrogens with zero attached hydrogens (tertiary/aromatic N) is 3. The summed E-state index contributed by atoms with van der Waals surface area (Å²) in [5.41, 5.74) is 2.62. The number of hydrogen-bond donors (Lipinski definition) is 1. The van der Waals surface area contributed by atoms with Gasteiger partial charge in [0.05, 0.1) is 41.4 Å². The van der Waals surface area contributed by atoms with Crippen molar-refractivity contribution >= 4 is 28.3 Å². The van der Waals surface area contributed by atoms with Crippen LogP contribution in [0.1, 0.15) is 28.0 Å². The van der Waals surface area contributed by atoms with E-state index >= 15 is 0 Å². The Kier molecular flexibility index (Phi) is 5.53. The lowest BCUT2D eigenvalue weighted by atomic mass is 10.1. The Morgan fingerprint density at radius 2 is 2.23 bits per heavy atom. The van der Waals surface area contributed by atoms with Gasteiger partial charge >= 0.3 is 5.69 Å². The van der Waals surface area contributed by atoms with Crippen LogP contribution in [0.5, 0.6) is 0 Å². The lowest BCUT2D eigenvalue weighted by Gasteiger charge is -2.16. The average molecular weight is 374 g/mol. The lowest BCUT2D eigenvalue weighted by molar-refractivity contribution is 0.0783. The maximum Gasteiger partial charge on any atom is 0.326 e. The van der Waals surface area contributed by atoms with Crippen LogP contribution in [0.25, 0.3) is 11.0 Å². The second kappa shape index (κ2) is 7.84. The maximum absolute atomic E-state index is 12.7. The molecule has 1 N–H and O–H groups in total. The highest BCUT2D eigenvalue weighted by molar-refractivity contribution is 7.09. The van der Waals surface area contributed by atoms with Gasteiger partial charge in [0, 0.05) is 24.6 Å². The number of aryl methyl sites for hydroxylation is 1. The third-order valence-corrected chi connectivity index (χ3v) is 4.92. The molecule has 3 rings (SSSR count). The molecule has 0 aliphatic heterocycles. The number of ether oxygens (including phenoxy) is 1. The Balaban J connectivity index is 1.79. The van der Waals surface area contributed by atoms with Gasteiger partial charge in [-0.1, -0.05) is 0 Å². The van der Waals surface area contributed by atoms with Crippen molar-refractivity contribution in [2.75, 3.05) is 20.3 Å². The summed E-state index contributed by atoms with van der Waals surface area (Å²) < 4.78 is 6.95. The van der Waals surface area contributed by atoms with E-state index in [1.54, 1.807) is 46.1 Å². The number of imidazole rings is 1. The molecule has 3 aromatic rings. The molecule has 138 valence electrons. The summed E-state index contributed by atoms with van der Waals surface area (Å²) in [5, 5.41) is 2.94. The molecule has 7 nitrogen and oxygen atoms in total. The summed E-state index contributed by atoms with van der Waals surface area (Å²) in [6, 6.07) is 5.27. The number of benzene rings is 1. The zero-order valence-electron chi connectivity index (χ0n) is 15.1. The van der Waals surface area contributed by atoms with E-state index in [-0.39, 0.29) is 11.6 Å². The predicted molar refractivity (Wildman–Crippen MR) is 102 cm³/mol. The summed E-state index contributed by atoms with van der Waals surface area (Å²) in [6.07, 6.45) is 0. The van der Waals surface area contributed by atoms with Crippen molar-refractivity contribution in [3.8, 4) is 0 Å². The number of aromatic amines is 1. The molecule has 26 heavy (non-hydrogen) atoms. The second-order valence-electron chi connectivity index (χ2n) is 6.03. The van der Waals surface area contributed by atoms with Crippen molar-refractivity contribution < 1.29 is 9.53 Å². The first-order chi connectivity index (χ1) is 12.5. The number of aromatic nitrogens is 3. The zero-order valence-corrected chi connectivity index (χ0v) is 15.9. The van der Waals surface area contributed by atoms with Gasteiger partial charge in [0.15, 0.2) is 0 Å². The van der Waals surface area contributed by atoms with Crippen LogP contribution >= 0.6 is 11.3 Å². The van der Waals surface area contributed by atoms with Crippen molar-refractivity contribution in [3.05, 3.63) is 50.3 Å². The predicted octanol–water partition coefficient (Wildman–Crippen LogP) is 2.40. The van der Waals surface area contributed by atoms with Crippen LogP contribution in [-0.2, 0) is 17.8 Å². The molecule has 0 aliphatic carbocycles. The van der Waals surface area contributed by atoms with Crippen molar-refractivity contribution in [3.63, 3.8) is 0 Å². The first kappa shape index (κ1) is 18.3. The van der Waals surface area contributed by atoms with E-state index < -0.39 is 0 Å². The summed E-state index contributed by atoms with van der Waals surface area (Å²) in [7, 11) is 1.75. The summed E-state index contributed by atoms with van der Waals surface area (Å²) in [6.45, 7) is 5.87. The number of hydrogen-bond acceptors (Lipinski definition) is 5. The van der Waals surface area contributed by atoms with E-state index in [2.05, 4.69) is 9.97 Å². The highest BCUT2D eigenvalue weighted by Gasteiger charge is 2.15. The molecule has 0 bridgehead atoms. The Hall–Kier alpha value is -2.45. The number of carbonyl (C=O) groups is 1. The quantitative estimate of drug-likeness (QED) is 0.644.